The number of ether oxygens (including phenoxy) is 1. The van der Waals surface area contributed by atoms with E-state index < -0.39 is 6.61 Å². The first-order valence-corrected chi connectivity index (χ1v) is 4.76. The van der Waals surface area contributed by atoms with Gasteiger partial charge in [-0.2, -0.15) is 8.78 Å². The maximum atomic E-state index is 11.9. The van der Waals surface area contributed by atoms with Crippen LogP contribution >= 0.6 is 15.9 Å². The number of carbonyl (C=O) groups is 1. The van der Waals surface area contributed by atoms with Gasteiger partial charge in [0.25, 0.3) is 0 Å². The van der Waals surface area contributed by atoms with E-state index in [2.05, 4.69) is 20.7 Å². The third kappa shape index (κ3) is 2.89. The third-order valence-corrected chi connectivity index (χ3v) is 2.36. The Morgan fingerprint density at radius 1 is 1.53 bits per heavy atom. The Hall–Kier alpha value is -1.17. The molecule has 1 aromatic carbocycles. The largest absolute Gasteiger partial charge is 0.435 e. The van der Waals surface area contributed by atoms with Crippen LogP contribution in [0.1, 0.15) is 17.3 Å². The molecular weight excluding hydrogens is 272 g/mol. The number of anilines is 1. The van der Waals surface area contributed by atoms with Gasteiger partial charge in [0.05, 0.1) is 5.69 Å². The van der Waals surface area contributed by atoms with Crippen molar-refractivity contribution in [1.29, 1.82) is 0 Å². The molecule has 0 unspecified atom stereocenters. The summed E-state index contributed by atoms with van der Waals surface area (Å²) in [5, 5.41) is 0. The highest BCUT2D eigenvalue weighted by Crippen LogP contribution is 2.30. The third-order valence-electron chi connectivity index (χ3n) is 1.71. The first kappa shape index (κ1) is 11.9. The number of benzene rings is 1. The second-order valence-corrected chi connectivity index (χ2v) is 3.66. The first-order chi connectivity index (χ1) is 6.91. The summed E-state index contributed by atoms with van der Waals surface area (Å²) in [5.74, 6) is -0.413. The summed E-state index contributed by atoms with van der Waals surface area (Å²) in [5.41, 5.74) is 5.94. The van der Waals surface area contributed by atoms with Crippen molar-refractivity contribution < 1.29 is 18.3 Å². The number of ketones is 1. The van der Waals surface area contributed by atoms with Crippen LogP contribution in [0.15, 0.2) is 16.6 Å². The average molecular weight is 280 g/mol. The van der Waals surface area contributed by atoms with E-state index in [1.54, 1.807) is 0 Å². The van der Waals surface area contributed by atoms with Gasteiger partial charge in [-0.1, -0.05) is 0 Å². The Morgan fingerprint density at radius 2 is 2.13 bits per heavy atom. The highest BCUT2D eigenvalue weighted by molar-refractivity contribution is 9.10. The van der Waals surface area contributed by atoms with Gasteiger partial charge >= 0.3 is 6.61 Å². The molecule has 15 heavy (non-hydrogen) atoms. The Labute approximate surface area is 93.3 Å². The molecule has 0 heterocycles. The summed E-state index contributed by atoms with van der Waals surface area (Å²) in [6.07, 6.45) is 0. The van der Waals surface area contributed by atoms with Crippen LogP contribution < -0.4 is 10.5 Å². The molecule has 0 spiro atoms. The molecule has 1 aromatic rings. The molecule has 6 heteroatoms. The van der Waals surface area contributed by atoms with Gasteiger partial charge in [0.1, 0.15) is 5.75 Å². The molecule has 0 amide bonds. The second-order valence-electron chi connectivity index (χ2n) is 2.80. The number of alkyl halides is 2. The maximum Gasteiger partial charge on any atom is 0.387 e. The maximum absolute atomic E-state index is 11.9. The van der Waals surface area contributed by atoms with Crippen molar-refractivity contribution in [3.63, 3.8) is 0 Å². The number of rotatable bonds is 3. The van der Waals surface area contributed by atoms with Crippen LogP contribution in [0.25, 0.3) is 0 Å². The van der Waals surface area contributed by atoms with Gasteiger partial charge in [-0.15, -0.1) is 0 Å². The summed E-state index contributed by atoms with van der Waals surface area (Å²) < 4.78 is 28.4. The molecule has 0 aliphatic carbocycles. The summed E-state index contributed by atoms with van der Waals surface area (Å²) >= 11 is 3.05. The van der Waals surface area contributed by atoms with Gasteiger partial charge in [0.15, 0.2) is 5.78 Å². The minimum Gasteiger partial charge on any atom is -0.435 e. The topological polar surface area (TPSA) is 52.3 Å². The molecule has 0 fully saturated rings. The monoisotopic (exact) mass is 279 g/mol. The number of nitrogen functional groups attached to an aromatic ring is 1. The number of hydrogen-bond acceptors (Lipinski definition) is 3. The predicted molar refractivity (Wildman–Crippen MR) is 55.2 cm³/mol. The van der Waals surface area contributed by atoms with Gasteiger partial charge in [0.2, 0.25) is 0 Å². The van der Waals surface area contributed by atoms with Crippen molar-refractivity contribution in [2.75, 3.05) is 5.73 Å². The standard InChI is InChI=1S/C9H8BrF2NO2/c1-4(14)6-2-5(15-9(11)12)3-7(10)8(6)13/h2-3,9H,13H2,1H3. The van der Waals surface area contributed by atoms with Crippen molar-refractivity contribution in [2.24, 2.45) is 0 Å². The van der Waals surface area contributed by atoms with Crippen LogP contribution in [0.5, 0.6) is 5.75 Å². The van der Waals surface area contributed by atoms with E-state index in [4.69, 9.17) is 5.73 Å². The Kier molecular flexibility index (Phi) is 3.62. The Morgan fingerprint density at radius 3 is 2.60 bits per heavy atom. The molecule has 82 valence electrons. The summed E-state index contributed by atoms with van der Waals surface area (Å²) in [7, 11) is 0. The molecule has 0 aromatic heterocycles. The fourth-order valence-corrected chi connectivity index (χ4v) is 1.49. The molecular formula is C9H8BrF2NO2. The lowest BCUT2D eigenvalue weighted by Gasteiger charge is -2.09. The van der Waals surface area contributed by atoms with Gasteiger partial charge in [-0.3, -0.25) is 4.79 Å². The fraction of sp³-hybridized carbons (Fsp3) is 0.222. The lowest BCUT2D eigenvalue weighted by atomic mass is 10.1. The van der Waals surface area contributed by atoms with Crippen LogP contribution in [-0.4, -0.2) is 12.4 Å². The van der Waals surface area contributed by atoms with Crippen molar-refractivity contribution in [1.82, 2.24) is 0 Å². The summed E-state index contributed by atoms with van der Waals surface area (Å²) in [6.45, 7) is -1.63. The Balaban J connectivity index is 3.17. The van der Waals surface area contributed by atoms with Crippen molar-refractivity contribution in [3.05, 3.63) is 22.2 Å². The van der Waals surface area contributed by atoms with Crippen molar-refractivity contribution in [2.45, 2.75) is 13.5 Å². The van der Waals surface area contributed by atoms with Crippen LogP contribution in [0.4, 0.5) is 14.5 Å². The summed E-state index contributed by atoms with van der Waals surface area (Å²) in [4.78, 5) is 11.1. The van der Waals surface area contributed by atoms with E-state index in [0.29, 0.717) is 4.47 Å². The molecule has 0 radical (unpaired) electrons. The lowest BCUT2D eigenvalue weighted by molar-refractivity contribution is -0.0499. The number of carbonyl (C=O) groups excluding carboxylic acids is 1. The quantitative estimate of drug-likeness (QED) is 0.684. The molecule has 1 rings (SSSR count). The highest BCUT2D eigenvalue weighted by Gasteiger charge is 2.13. The van der Waals surface area contributed by atoms with E-state index >= 15 is 0 Å². The smallest absolute Gasteiger partial charge is 0.387 e. The van der Waals surface area contributed by atoms with Crippen LogP contribution in [0, 0.1) is 0 Å². The predicted octanol–water partition coefficient (Wildman–Crippen LogP) is 2.84. The lowest BCUT2D eigenvalue weighted by Crippen LogP contribution is -2.05. The number of halogens is 3. The number of nitrogens with two attached hydrogens (primary N) is 1. The molecule has 0 bridgehead atoms. The van der Waals surface area contributed by atoms with Crippen LogP contribution in [-0.2, 0) is 0 Å². The molecule has 3 nitrogen and oxygen atoms in total. The minimum atomic E-state index is -2.93. The van der Waals surface area contributed by atoms with Gasteiger partial charge < -0.3 is 10.5 Å². The SMILES string of the molecule is CC(=O)c1cc(OC(F)F)cc(Br)c1N. The molecule has 0 saturated carbocycles. The van der Waals surface area contributed by atoms with Crippen molar-refractivity contribution in [3.8, 4) is 5.75 Å². The highest BCUT2D eigenvalue weighted by atomic mass is 79.9. The van der Waals surface area contributed by atoms with E-state index in [1.165, 1.54) is 19.1 Å². The Bertz CT molecular complexity index is 396. The molecule has 0 aliphatic heterocycles. The van der Waals surface area contributed by atoms with Gasteiger partial charge in [0, 0.05) is 10.0 Å². The molecule has 0 aliphatic rings. The zero-order chi connectivity index (χ0) is 11.6. The average Bonchev–Trinajstić information content (AvgIpc) is 2.09. The number of hydrogen-bond donors (Lipinski definition) is 1. The number of Topliss-reactive ketones (excluding diaryl/α,β-unsaturated/α-hetero) is 1. The van der Waals surface area contributed by atoms with Crippen LogP contribution in [0.2, 0.25) is 0 Å². The minimum absolute atomic E-state index is 0.101. The van der Waals surface area contributed by atoms with Crippen molar-refractivity contribution >= 4 is 27.4 Å². The zero-order valence-corrected chi connectivity index (χ0v) is 9.35. The normalized spacial score (nSPS) is 10.5. The van der Waals surface area contributed by atoms with E-state index in [1.807, 2.05) is 0 Å². The first-order valence-electron chi connectivity index (χ1n) is 3.96. The molecule has 0 saturated heterocycles. The van der Waals surface area contributed by atoms with Crippen LogP contribution in [0.3, 0.4) is 0 Å². The van der Waals surface area contributed by atoms with E-state index in [-0.39, 0.29) is 22.8 Å². The van der Waals surface area contributed by atoms with Gasteiger partial charge in [-0.05, 0) is 35.0 Å². The van der Waals surface area contributed by atoms with Gasteiger partial charge in [-0.25, -0.2) is 0 Å². The molecule has 0 atom stereocenters. The fourth-order valence-electron chi connectivity index (χ4n) is 1.06. The van der Waals surface area contributed by atoms with E-state index in [9.17, 15) is 13.6 Å². The summed E-state index contributed by atoms with van der Waals surface area (Å²) in [6, 6.07) is 2.47. The second kappa shape index (κ2) is 4.57. The van der Waals surface area contributed by atoms with E-state index in [0.717, 1.165) is 0 Å². The molecule has 2 N–H and O–H groups in total. The zero-order valence-electron chi connectivity index (χ0n) is 7.76.